The minimum atomic E-state index is -0.539. The van der Waals surface area contributed by atoms with E-state index in [1.807, 2.05) is 0 Å². The third kappa shape index (κ3) is 4.02. The summed E-state index contributed by atoms with van der Waals surface area (Å²) in [4.78, 5) is 49.9. The Kier molecular flexibility index (Phi) is 5.03. The van der Waals surface area contributed by atoms with Gasteiger partial charge >= 0.3 is 11.4 Å². The fourth-order valence-electron chi connectivity index (χ4n) is 1.81. The highest BCUT2D eigenvalue weighted by molar-refractivity contribution is 5.26. The van der Waals surface area contributed by atoms with Crippen molar-refractivity contribution in [2.75, 3.05) is 0 Å². The average molecular weight is 326 g/mol. The monoisotopic (exact) mass is 326 g/mol. The number of H-pyrrole nitrogens is 2. The molecule has 0 aromatic carbocycles. The Morgan fingerprint density at radius 2 is 1.17 bits per heavy atom. The van der Waals surface area contributed by atoms with Crippen molar-refractivity contribution in [3.05, 3.63) is 65.2 Å². The lowest BCUT2D eigenvalue weighted by molar-refractivity contribution is 0.740. The van der Waals surface area contributed by atoms with Gasteiger partial charge < -0.3 is 0 Å². The molecule has 0 aliphatic rings. The fraction of sp³-hybridized carbons (Fsp3) is 0.250. The van der Waals surface area contributed by atoms with Crippen LogP contribution in [0.5, 0.6) is 0 Å². The molecule has 0 atom stereocenters. The highest BCUT2D eigenvalue weighted by atomic mass is 16.2. The standard InChI is InChI=1S/C16H14N4O4/c1-11-9-19(15(23)17-13(11)21)7-5-3-4-6-8-20-10-12(2)14(22)18-16(20)24/h9-10H,7-8H2,1-2H3,(H,17,21,23)(H,18,22,24). The van der Waals surface area contributed by atoms with Gasteiger partial charge in [0.2, 0.25) is 0 Å². The highest BCUT2D eigenvalue weighted by Crippen LogP contribution is 1.84. The topological polar surface area (TPSA) is 110 Å². The van der Waals surface area contributed by atoms with Gasteiger partial charge in [-0.05, 0) is 25.7 Å². The summed E-state index contributed by atoms with van der Waals surface area (Å²) in [5.74, 6) is 10.5. The van der Waals surface area contributed by atoms with Gasteiger partial charge in [-0.15, -0.1) is 0 Å². The SMILES string of the molecule is Cc1cn(CC#CC#CCn2cc(C)c(=O)[nH]c2=O)c(=O)[nH]c1=O. The lowest BCUT2D eigenvalue weighted by Crippen LogP contribution is -2.30. The molecule has 8 nitrogen and oxygen atoms in total. The molecule has 0 radical (unpaired) electrons. The molecule has 2 aromatic heterocycles. The van der Waals surface area contributed by atoms with Crippen molar-refractivity contribution in [3.63, 3.8) is 0 Å². The second-order valence-electron chi connectivity index (χ2n) is 5.00. The van der Waals surface area contributed by atoms with Gasteiger partial charge in [0.15, 0.2) is 0 Å². The van der Waals surface area contributed by atoms with E-state index in [0.29, 0.717) is 11.1 Å². The summed E-state index contributed by atoms with van der Waals surface area (Å²) in [7, 11) is 0. The maximum atomic E-state index is 11.5. The molecule has 122 valence electrons. The van der Waals surface area contributed by atoms with Gasteiger partial charge in [0.1, 0.15) is 0 Å². The van der Waals surface area contributed by atoms with E-state index in [-0.39, 0.29) is 13.1 Å². The molecule has 2 aromatic rings. The van der Waals surface area contributed by atoms with E-state index < -0.39 is 22.5 Å². The molecule has 0 bridgehead atoms. The van der Waals surface area contributed by atoms with Crippen molar-refractivity contribution in [1.29, 1.82) is 0 Å². The summed E-state index contributed by atoms with van der Waals surface area (Å²) in [6, 6.07) is 0. The van der Waals surface area contributed by atoms with Gasteiger partial charge in [-0.1, -0.05) is 11.8 Å². The summed E-state index contributed by atoms with van der Waals surface area (Å²) >= 11 is 0. The van der Waals surface area contributed by atoms with E-state index in [1.54, 1.807) is 13.8 Å². The largest absolute Gasteiger partial charge is 0.329 e. The first-order valence-corrected chi connectivity index (χ1v) is 6.95. The fourth-order valence-corrected chi connectivity index (χ4v) is 1.81. The number of hydrogen-bond acceptors (Lipinski definition) is 4. The Balaban J connectivity index is 2.07. The summed E-state index contributed by atoms with van der Waals surface area (Å²) in [6.07, 6.45) is 2.85. The lowest BCUT2D eigenvalue weighted by Gasteiger charge is -1.99. The van der Waals surface area contributed by atoms with Crippen LogP contribution in [0, 0.1) is 37.5 Å². The summed E-state index contributed by atoms with van der Waals surface area (Å²) in [6.45, 7) is 3.35. The second-order valence-corrected chi connectivity index (χ2v) is 5.00. The molecule has 0 aliphatic carbocycles. The first kappa shape index (κ1) is 16.8. The van der Waals surface area contributed by atoms with Gasteiger partial charge in [-0.2, -0.15) is 0 Å². The van der Waals surface area contributed by atoms with E-state index in [0.717, 1.165) is 0 Å². The van der Waals surface area contributed by atoms with Crippen LogP contribution in [0.15, 0.2) is 31.6 Å². The van der Waals surface area contributed by atoms with E-state index in [2.05, 4.69) is 33.6 Å². The predicted octanol–water partition coefficient (Wildman–Crippen LogP) is -1.29. The number of aromatic nitrogens is 4. The Hall–Kier alpha value is -3.52. The summed E-state index contributed by atoms with van der Waals surface area (Å²) in [5, 5.41) is 0. The Bertz CT molecular complexity index is 1030. The smallest absolute Gasteiger partial charge is 0.289 e. The zero-order chi connectivity index (χ0) is 17.7. The van der Waals surface area contributed by atoms with Crippen LogP contribution in [-0.2, 0) is 13.1 Å². The Morgan fingerprint density at radius 1 is 0.792 bits per heavy atom. The van der Waals surface area contributed by atoms with Crippen LogP contribution >= 0.6 is 0 Å². The third-order valence-corrected chi connectivity index (χ3v) is 3.12. The van der Waals surface area contributed by atoms with Crippen LogP contribution in [-0.4, -0.2) is 19.1 Å². The predicted molar refractivity (Wildman–Crippen MR) is 87.7 cm³/mol. The molecule has 8 heteroatoms. The Morgan fingerprint density at radius 3 is 1.54 bits per heavy atom. The van der Waals surface area contributed by atoms with Crippen molar-refractivity contribution >= 4 is 0 Å². The van der Waals surface area contributed by atoms with Crippen LogP contribution in [0.25, 0.3) is 0 Å². The minimum absolute atomic E-state index is 0.0862. The molecular weight excluding hydrogens is 312 g/mol. The second kappa shape index (κ2) is 7.16. The van der Waals surface area contributed by atoms with Crippen LogP contribution in [0.1, 0.15) is 11.1 Å². The molecular formula is C16H14N4O4. The first-order chi connectivity index (χ1) is 11.4. The molecule has 0 spiro atoms. The van der Waals surface area contributed by atoms with Gasteiger partial charge in [-0.3, -0.25) is 28.7 Å². The van der Waals surface area contributed by atoms with Crippen molar-refractivity contribution < 1.29 is 0 Å². The van der Waals surface area contributed by atoms with Gasteiger partial charge in [0, 0.05) is 23.5 Å². The van der Waals surface area contributed by atoms with Gasteiger partial charge in [0.05, 0.1) is 13.1 Å². The zero-order valence-corrected chi connectivity index (χ0v) is 13.1. The van der Waals surface area contributed by atoms with E-state index in [4.69, 9.17) is 0 Å². The molecule has 0 fully saturated rings. The third-order valence-electron chi connectivity index (χ3n) is 3.12. The zero-order valence-electron chi connectivity index (χ0n) is 13.1. The molecule has 0 saturated carbocycles. The van der Waals surface area contributed by atoms with Crippen LogP contribution in [0.4, 0.5) is 0 Å². The van der Waals surface area contributed by atoms with Crippen molar-refractivity contribution in [3.8, 4) is 23.7 Å². The van der Waals surface area contributed by atoms with E-state index in [9.17, 15) is 19.2 Å². The molecule has 2 heterocycles. The van der Waals surface area contributed by atoms with Gasteiger partial charge in [-0.25, -0.2) is 9.59 Å². The molecule has 24 heavy (non-hydrogen) atoms. The van der Waals surface area contributed by atoms with E-state index >= 15 is 0 Å². The number of aryl methyl sites for hydroxylation is 2. The Labute approximate surface area is 135 Å². The van der Waals surface area contributed by atoms with Crippen molar-refractivity contribution in [1.82, 2.24) is 19.1 Å². The summed E-state index contributed by atoms with van der Waals surface area (Å²) < 4.78 is 2.53. The number of nitrogens with zero attached hydrogens (tertiary/aromatic N) is 2. The maximum Gasteiger partial charge on any atom is 0.329 e. The first-order valence-electron chi connectivity index (χ1n) is 6.95. The lowest BCUT2D eigenvalue weighted by atomic mass is 10.4. The van der Waals surface area contributed by atoms with Crippen molar-refractivity contribution in [2.45, 2.75) is 26.9 Å². The van der Waals surface area contributed by atoms with Crippen molar-refractivity contribution in [2.24, 2.45) is 0 Å². The summed E-state index contributed by atoms with van der Waals surface area (Å²) in [5.41, 5.74) is -1.10. The maximum absolute atomic E-state index is 11.5. The van der Waals surface area contributed by atoms with Crippen LogP contribution < -0.4 is 22.5 Å². The molecule has 0 amide bonds. The molecule has 2 N–H and O–H groups in total. The average Bonchev–Trinajstić information content (AvgIpc) is 2.52. The number of nitrogens with one attached hydrogen (secondary N) is 2. The number of hydrogen-bond donors (Lipinski definition) is 2. The molecule has 0 saturated heterocycles. The van der Waals surface area contributed by atoms with Crippen LogP contribution in [0.2, 0.25) is 0 Å². The highest BCUT2D eigenvalue weighted by Gasteiger charge is 1.99. The molecule has 0 aliphatic heterocycles. The van der Waals surface area contributed by atoms with Gasteiger partial charge in [0.25, 0.3) is 11.1 Å². The normalized spacial score (nSPS) is 9.58. The quantitative estimate of drug-likeness (QED) is 0.669. The molecule has 0 unspecified atom stereocenters. The molecule has 2 rings (SSSR count). The van der Waals surface area contributed by atoms with E-state index in [1.165, 1.54) is 21.5 Å². The number of aromatic amines is 2. The minimum Gasteiger partial charge on any atom is -0.289 e. The van der Waals surface area contributed by atoms with Crippen LogP contribution in [0.3, 0.4) is 0 Å². The number of rotatable bonds is 2.